The van der Waals surface area contributed by atoms with Crippen LogP contribution in [-0.2, 0) is 10.2 Å². The number of rotatable bonds is 9. The summed E-state index contributed by atoms with van der Waals surface area (Å²) in [5.74, 6) is -0.422. The van der Waals surface area contributed by atoms with E-state index in [4.69, 9.17) is 0 Å². The fraction of sp³-hybridized carbons (Fsp3) is 0.379. The molecule has 4 rings (SSSR count). The molecule has 1 N–H and O–H groups in total. The predicted octanol–water partition coefficient (Wildman–Crippen LogP) is 5.61. The Morgan fingerprint density at radius 3 is 2.15 bits per heavy atom. The van der Waals surface area contributed by atoms with Crippen molar-refractivity contribution in [1.29, 1.82) is 0 Å². The van der Waals surface area contributed by atoms with Gasteiger partial charge in [0.2, 0.25) is 5.91 Å². The van der Waals surface area contributed by atoms with Crippen LogP contribution in [0.3, 0.4) is 0 Å². The summed E-state index contributed by atoms with van der Waals surface area (Å²) in [4.78, 5) is 22.3. The summed E-state index contributed by atoms with van der Waals surface area (Å²) in [5.41, 5.74) is 2.08. The van der Waals surface area contributed by atoms with E-state index >= 15 is 0 Å². The van der Waals surface area contributed by atoms with Crippen molar-refractivity contribution in [2.75, 3.05) is 43.0 Å². The van der Waals surface area contributed by atoms with E-state index in [0.29, 0.717) is 5.69 Å². The number of aromatic nitrogens is 1. The van der Waals surface area contributed by atoms with E-state index in [0.717, 1.165) is 54.8 Å². The van der Waals surface area contributed by atoms with Gasteiger partial charge in [-0.2, -0.15) is 17.6 Å². The molecule has 7 nitrogen and oxygen atoms in total. The Morgan fingerprint density at radius 1 is 0.975 bits per heavy atom. The molecule has 2 heterocycles. The highest BCUT2D eigenvalue weighted by Gasteiger charge is 2.35. The number of ether oxygens (including phenoxy) is 2. The van der Waals surface area contributed by atoms with Crippen LogP contribution in [0.5, 0.6) is 11.5 Å². The third-order valence-electron chi connectivity index (χ3n) is 7.00. The van der Waals surface area contributed by atoms with Gasteiger partial charge in [0, 0.05) is 44.9 Å². The summed E-state index contributed by atoms with van der Waals surface area (Å²) in [7, 11) is 1.60. The predicted molar refractivity (Wildman–Crippen MR) is 146 cm³/mol. The Morgan fingerprint density at radius 2 is 1.57 bits per heavy atom. The van der Waals surface area contributed by atoms with Crippen molar-refractivity contribution in [2.45, 2.75) is 39.4 Å². The number of likely N-dealkylation sites (N-methyl/N-ethyl adjacent to an activating group) is 1. The molecule has 0 unspecified atom stereocenters. The number of aryl methyl sites for hydroxylation is 1. The number of hydrogen-bond acceptors (Lipinski definition) is 6. The van der Waals surface area contributed by atoms with E-state index in [1.807, 2.05) is 37.3 Å². The van der Waals surface area contributed by atoms with Gasteiger partial charge in [0.25, 0.3) is 0 Å². The molecule has 0 bridgehead atoms. The first-order chi connectivity index (χ1) is 19.0. The van der Waals surface area contributed by atoms with Crippen molar-refractivity contribution in [2.24, 2.45) is 0 Å². The number of benzene rings is 2. The van der Waals surface area contributed by atoms with Gasteiger partial charge >= 0.3 is 13.2 Å². The minimum absolute atomic E-state index is 0.168. The summed E-state index contributed by atoms with van der Waals surface area (Å²) in [5, 5.41) is 3.32. The number of nitrogens with zero attached hydrogens (tertiary/aromatic N) is 3. The normalized spacial score (nSPS) is 14.0. The van der Waals surface area contributed by atoms with Gasteiger partial charge in [0.05, 0.1) is 17.3 Å². The molecule has 1 fully saturated rings. The van der Waals surface area contributed by atoms with E-state index in [-0.39, 0.29) is 5.56 Å². The Hall–Kier alpha value is -3.86. The summed E-state index contributed by atoms with van der Waals surface area (Å²) in [6.07, 6.45) is 1.65. The lowest BCUT2D eigenvalue weighted by Gasteiger charge is -2.33. The van der Waals surface area contributed by atoms with E-state index in [9.17, 15) is 22.4 Å². The Balaban J connectivity index is 1.75. The standard InChI is InChI=1S/C29H32F4N4O3/c1-18-7-5-6-8-22(18)23-16-25(37-11-9-34-10-12-37)35-17-24(23)36(4)26(38)29(2,3)19-13-20(39-27(30)31)15-21(14-19)40-28(32)33/h5-8,13-17,27-28,34H,9-12H2,1-4H3. The molecule has 3 aromatic rings. The highest BCUT2D eigenvalue weighted by Crippen LogP contribution is 2.38. The van der Waals surface area contributed by atoms with Gasteiger partial charge in [-0.3, -0.25) is 4.79 Å². The number of anilines is 2. The van der Waals surface area contributed by atoms with Crippen LogP contribution in [0.4, 0.5) is 29.1 Å². The molecule has 2 aromatic carbocycles. The molecular formula is C29H32F4N4O3. The van der Waals surface area contributed by atoms with E-state index in [1.54, 1.807) is 27.1 Å². The molecule has 40 heavy (non-hydrogen) atoms. The maximum absolute atomic E-state index is 14.0. The lowest BCUT2D eigenvalue weighted by atomic mass is 9.82. The van der Waals surface area contributed by atoms with Gasteiger partial charge < -0.3 is 24.6 Å². The molecule has 214 valence electrons. The highest BCUT2D eigenvalue weighted by atomic mass is 19.3. The second-order valence-corrected chi connectivity index (χ2v) is 10.1. The van der Waals surface area contributed by atoms with Crippen molar-refractivity contribution < 1.29 is 31.8 Å². The second-order valence-electron chi connectivity index (χ2n) is 10.1. The third kappa shape index (κ3) is 6.47. The molecule has 0 aliphatic carbocycles. The highest BCUT2D eigenvalue weighted by molar-refractivity contribution is 6.03. The van der Waals surface area contributed by atoms with Crippen molar-refractivity contribution in [1.82, 2.24) is 10.3 Å². The van der Waals surface area contributed by atoms with Crippen molar-refractivity contribution in [3.63, 3.8) is 0 Å². The number of piperazine rings is 1. The monoisotopic (exact) mass is 560 g/mol. The molecule has 1 saturated heterocycles. The van der Waals surface area contributed by atoms with Crippen LogP contribution >= 0.6 is 0 Å². The van der Waals surface area contributed by atoms with Gasteiger partial charge in [0.1, 0.15) is 17.3 Å². The lowest BCUT2D eigenvalue weighted by Crippen LogP contribution is -2.44. The average molecular weight is 561 g/mol. The van der Waals surface area contributed by atoms with E-state index in [1.165, 1.54) is 17.0 Å². The Bertz CT molecular complexity index is 1320. The molecule has 0 spiro atoms. The van der Waals surface area contributed by atoms with E-state index in [2.05, 4.69) is 24.7 Å². The molecule has 1 aromatic heterocycles. The van der Waals surface area contributed by atoms with Crippen LogP contribution in [-0.4, -0.2) is 57.3 Å². The summed E-state index contributed by atoms with van der Waals surface area (Å²) in [6, 6.07) is 13.2. The van der Waals surface area contributed by atoms with Gasteiger partial charge in [-0.25, -0.2) is 4.98 Å². The summed E-state index contributed by atoms with van der Waals surface area (Å²) in [6.45, 7) is 2.02. The van der Waals surface area contributed by atoms with Crippen LogP contribution in [0.2, 0.25) is 0 Å². The van der Waals surface area contributed by atoms with Crippen LogP contribution in [0, 0.1) is 6.92 Å². The molecule has 11 heteroatoms. The third-order valence-corrected chi connectivity index (χ3v) is 7.00. The second kappa shape index (κ2) is 12.1. The first-order valence-corrected chi connectivity index (χ1v) is 12.8. The summed E-state index contributed by atoms with van der Waals surface area (Å²) >= 11 is 0. The number of nitrogens with one attached hydrogen (secondary N) is 1. The minimum atomic E-state index is -3.19. The fourth-order valence-corrected chi connectivity index (χ4v) is 4.79. The summed E-state index contributed by atoms with van der Waals surface area (Å²) < 4.78 is 60.7. The molecule has 1 aliphatic heterocycles. The zero-order chi connectivity index (χ0) is 29.0. The van der Waals surface area contributed by atoms with E-state index < -0.39 is 36.0 Å². The smallest absolute Gasteiger partial charge is 0.387 e. The quantitative estimate of drug-likeness (QED) is 0.343. The van der Waals surface area contributed by atoms with Crippen molar-refractivity contribution >= 4 is 17.4 Å². The molecule has 0 atom stereocenters. The number of halogens is 4. The van der Waals surface area contributed by atoms with Gasteiger partial charge in [-0.05, 0) is 55.7 Å². The maximum atomic E-state index is 14.0. The zero-order valence-electron chi connectivity index (χ0n) is 22.8. The molecule has 0 saturated carbocycles. The molecule has 1 aliphatic rings. The lowest BCUT2D eigenvalue weighted by molar-refractivity contribution is -0.122. The Labute approximate surface area is 230 Å². The minimum Gasteiger partial charge on any atom is -0.435 e. The van der Waals surface area contributed by atoms with Gasteiger partial charge in [-0.1, -0.05) is 24.3 Å². The molecular weight excluding hydrogens is 528 g/mol. The number of alkyl halides is 4. The van der Waals surface area contributed by atoms with Crippen LogP contribution < -0.4 is 24.6 Å². The number of amides is 1. The van der Waals surface area contributed by atoms with Crippen LogP contribution in [0.1, 0.15) is 25.0 Å². The SMILES string of the molecule is Cc1ccccc1-c1cc(N2CCNCC2)ncc1N(C)C(=O)C(C)(C)c1cc(OC(F)F)cc(OC(F)F)c1. The number of pyridine rings is 1. The topological polar surface area (TPSA) is 66.9 Å². The maximum Gasteiger partial charge on any atom is 0.387 e. The average Bonchev–Trinajstić information content (AvgIpc) is 2.92. The first-order valence-electron chi connectivity index (χ1n) is 12.8. The number of hydrogen-bond donors (Lipinski definition) is 1. The first kappa shape index (κ1) is 29.1. The number of carbonyl (C=O) groups excluding carboxylic acids is 1. The molecule has 0 radical (unpaired) electrons. The zero-order valence-corrected chi connectivity index (χ0v) is 22.8. The fourth-order valence-electron chi connectivity index (χ4n) is 4.79. The van der Waals surface area contributed by atoms with Crippen LogP contribution in [0.15, 0.2) is 54.7 Å². The van der Waals surface area contributed by atoms with Gasteiger partial charge in [0.15, 0.2) is 0 Å². The van der Waals surface area contributed by atoms with Crippen molar-refractivity contribution in [3.05, 3.63) is 65.9 Å². The van der Waals surface area contributed by atoms with Crippen molar-refractivity contribution in [3.8, 4) is 22.6 Å². The Kier molecular flexibility index (Phi) is 8.82. The number of carbonyl (C=O) groups is 1. The molecule has 1 amide bonds. The van der Waals surface area contributed by atoms with Gasteiger partial charge in [-0.15, -0.1) is 0 Å². The largest absolute Gasteiger partial charge is 0.435 e. The van der Waals surface area contributed by atoms with Crippen LogP contribution in [0.25, 0.3) is 11.1 Å².